The molecule has 1 fully saturated rings. The minimum absolute atomic E-state index is 0.374. The molecule has 2 N–H and O–H groups in total. The van der Waals surface area contributed by atoms with Gasteiger partial charge in [0.05, 0.1) is 11.8 Å². The third-order valence-corrected chi connectivity index (χ3v) is 3.78. The van der Waals surface area contributed by atoms with Crippen LogP contribution in [0.25, 0.3) is 0 Å². The van der Waals surface area contributed by atoms with E-state index in [2.05, 4.69) is 33.8 Å². The normalized spacial score (nSPS) is 19.5. The van der Waals surface area contributed by atoms with Crippen molar-refractivity contribution in [3.05, 3.63) is 22.7 Å². The van der Waals surface area contributed by atoms with Crippen molar-refractivity contribution in [2.45, 2.75) is 25.9 Å². The molecule has 1 saturated heterocycles. The fraction of sp³-hybridized carbons (Fsp3) is 0.538. The van der Waals surface area contributed by atoms with E-state index in [4.69, 9.17) is 10.5 Å². The zero-order chi connectivity index (χ0) is 12.3. The third kappa shape index (κ3) is 3.13. The van der Waals surface area contributed by atoms with Crippen LogP contribution in [0.3, 0.4) is 0 Å². The Morgan fingerprint density at radius 1 is 1.53 bits per heavy atom. The van der Waals surface area contributed by atoms with E-state index in [1.807, 2.05) is 12.1 Å². The molecule has 1 aromatic rings. The van der Waals surface area contributed by atoms with Crippen LogP contribution in [0.4, 0.5) is 11.4 Å². The van der Waals surface area contributed by atoms with E-state index in [9.17, 15) is 0 Å². The van der Waals surface area contributed by atoms with Crippen molar-refractivity contribution in [2.75, 3.05) is 30.3 Å². The number of rotatable bonds is 4. The molecule has 0 amide bonds. The molecular weight excluding hydrogens is 280 g/mol. The minimum atomic E-state index is 0.374. The van der Waals surface area contributed by atoms with Crippen LogP contribution in [-0.2, 0) is 4.74 Å². The maximum absolute atomic E-state index is 5.76. The van der Waals surface area contributed by atoms with Gasteiger partial charge in [-0.2, -0.15) is 0 Å². The molecule has 4 heteroatoms. The van der Waals surface area contributed by atoms with Crippen LogP contribution in [0, 0.1) is 0 Å². The van der Waals surface area contributed by atoms with Gasteiger partial charge in [-0.15, -0.1) is 0 Å². The van der Waals surface area contributed by atoms with Crippen molar-refractivity contribution in [1.82, 2.24) is 0 Å². The summed E-state index contributed by atoms with van der Waals surface area (Å²) in [7, 11) is 0. The first-order chi connectivity index (χ1) is 8.20. The first kappa shape index (κ1) is 12.7. The summed E-state index contributed by atoms with van der Waals surface area (Å²) in [5.41, 5.74) is 7.74. The highest BCUT2D eigenvalue weighted by molar-refractivity contribution is 9.10. The average Bonchev–Trinajstić information content (AvgIpc) is 2.79. The SMILES string of the molecule is CCN(CC1CCCO1)c1ccc(N)cc1Br. The fourth-order valence-electron chi connectivity index (χ4n) is 2.21. The summed E-state index contributed by atoms with van der Waals surface area (Å²) in [4.78, 5) is 2.33. The molecule has 3 nitrogen and oxygen atoms in total. The molecule has 0 radical (unpaired) electrons. The van der Waals surface area contributed by atoms with E-state index < -0.39 is 0 Å². The van der Waals surface area contributed by atoms with Crippen LogP contribution in [0.5, 0.6) is 0 Å². The predicted octanol–water partition coefficient (Wildman–Crippen LogP) is 3.04. The summed E-state index contributed by atoms with van der Waals surface area (Å²) in [6.07, 6.45) is 2.73. The molecule has 0 saturated carbocycles. The Hall–Kier alpha value is -0.740. The molecule has 17 heavy (non-hydrogen) atoms. The number of hydrogen-bond donors (Lipinski definition) is 1. The van der Waals surface area contributed by atoms with Crippen molar-refractivity contribution in [3.63, 3.8) is 0 Å². The van der Waals surface area contributed by atoms with Gasteiger partial charge in [0.25, 0.3) is 0 Å². The lowest BCUT2D eigenvalue weighted by Gasteiger charge is -2.27. The van der Waals surface area contributed by atoms with Gasteiger partial charge < -0.3 is 15.4 Å². The topological polar surface area (TPSA) is 38.5 Å². The van der Waals surface area contributed by atoms with Crippen molar-refractivity contribution in [3.8, 4) is 0 Å². The Morgan fingerprint density at radius 2 is 2.35 bits per heavy atom. The Labute approximate surface area is 111 Å². The number of nitrogen functional groups attached to an aromatic ring is 1. The van der Waals surface area contributed by atoms with Crippen LogP contribution in [0.1, 0.15) is 19.8 Å². The molecule has 0 spiro atoms. The minimum Gasteiger partial charge on any atom is -0.399 e. The van der Waals surface area contributed by atoms with E-state index >= 15 is 0 Å². The molecule has 1 atom stereocenters. The molecule has 1 aliphatic rings. The number of anilines is 2. The first-order valence-corrected chi connectivity index (χ1v) is 6.91. The van der Waals surface area contributed by atoms with E-state index in [1.54, 1.807) is 0 Å². The largest absolute Gasteiger partial charge is 0.399 e. The fourth-order valence-corrected chi connectivity index (χ4v) is 2.86. The van der Waals surface area contributed by atoms with Gasteiger partial charge in [-0.25, -0.2) is 0 Å². The summed E-state index contributed by atoms with van der Waals surface area (Å²) < 4.78 is 6.74. The van der Waals surface area contributed by atoms with Crippen molar-refractivity contribution in [1.29, 1.82) is 0 Å². The maximum Gasteiger partial charge on any atom is 0.0750 e. The van der Waals surface area contributed by atoms with Crippen LogP contribution in [-0.4, -0.2) is 25.8 Å². The number of nitrogens with two attached hydrogens (primary N) is 1. The predicted molar refractivity (Wildman–Crippen MR) is 75.4 cm³/mol. The van der Waals surface area contributed by atoms with Crippen molar-refractivity contribution < 1.29 is 4.74 Å². The molecule has 0 aromatic heterocycles. The monoisotopic (exact) mass is 298 g/mol. The highest BCUT2D eigenvalue weighted by Gasteiger charge is 2.19. The van der Waals surface area contributed by atoms with Gasteiger partial charge in [0.2, 0.25) is 0 Å². The number of nitrogens with zero attached hydrogens (tertiary/aromatic N) is 1. The Bertz CT molecular complexity index is 378. The number of likely N-dealkylation sites (N-methyl/N-ethyl adjacent to an activating group) is 1. The summed E-state index contributed by atoms with van der Waals surface area (Å²) >= 11 is 3.58. The van der Waals surface area contributed by atoms with Crippen LogP contribution in [0.15, 0.2) is 22.7 Å². The van der Waals surface area contributed by atoms with Gasteiger partial charge in [-0.05, 0) is 53.9 Å². The van der Waals surface area contributed by atoms with E-state index in [1.165, 1.54) is 18.5 Å². The molecule has 1 aliphatic heterocycles. The third-order valence-electron chi connectivity index (χ3n) is 3.14. The Kier molecular flexibility index (Phi) is 4.29. The number of benzene rings is 1. The van der Waals surface area contributed by atoms with Crippen molar-refractivity contribution >= 4 is 27.3 Å². The van der Waals surface area contributed by atoms with Gasteiger partial charge in [-0.1, -0.05) is 0 Å². The lowest BCUT2D eigenvalue weighted by Crippen LogP contribution is -2.32. The maximum atomic E-state index is 5.76. The highest BCUT2D eigenvalue weighted by atomic mass is 79.9. The zero-order valence-corrected chi connectivity index (χ0v) is 11.7. The average molecular weight is 299 g/mol. The quantitative estimate of drug-likeness (QED) is 0.869. The van der Waals surface area contributed by atoms with Crippen LogP contribution in [0.2, 0.25) is 0 Å². The Balaban J connectivity index is 2.10. The lowest BCUT2D eigenvalue weighted by molar-refractivity contribution is 0.115. The molecular formula is C13H19BrN2O. The van der Waals surface area contributed by atoms with Gasteiger partial charge >= 0.3 is 0 Å². The van der Waals surface area contributed by atoms with Crippen molar-refractivity contribution in [2.24, 2.45) is 0 Å². The van der Waals surface area contributed by atoms with Crippen LogP contribution < -0.4 is 10.6 Å². The lowest BCUT2D eigenvalue weighted by atomic mass is 10.2. The number of hydrogen-bond acceptors (Lipinski definition) is 3. The summed E-state index contributed by atoms with van der Waals surface area (Å²) in [5, 5.41) is 0. The Morgan fingerprint density at radius 3 is 2.94 bits per heavy atom. The summed E-state index contributed by atoms with van der Waals surface area (Å²) in [5.74, 6) is 0. The second-order valence-electron chi connectivity index (χ2n) is 4.38. The second-order valence-corrected chi connectivity index (χ2v) is 5.24. The molecule has 2 rings (SSSR count). The van der Waals surface area contributed by atoms with E-state index in [0.717, 1.165) is 29.9 Å². The van der Waals surface area contributed by atoms with Gasteiger partial charge in [-0.3, -0.25) is 0 Å². The molecule has 1 unspecified atom stereocenters. The summed E-state index contributed by atoms with van der Waals surface area (Å²) in [6, 6.07) is 5.96. The van der Waals surface area contributed by atoms with Gasteiger partial charge in [0, 0.05) is 29.9 Å². The van der Waals surface area contributed by atoms with Gasteiger partial charge in [0.1, 0.15) is 0 Å². The second kappa shape index (κ2) is 5.74. The van der Waals surface area contributed by atoms with Crippen LogP contribution >= 0.6 is 15.9 Å². The van der Waals surface area contributed by atoms with Gasteiger partial charge in [0.15, 0.2) is 0 Å². The number of ether oxygens (including phenoxy) is 1. The highest BCUT2D eigenvalue weighted by Crippen LogP contribution is 2.29. The molecule has 1 aromatic carbocycles. The standard InChI is InChI=1S/C13H19BrN2O/c1-2-16(9-11-4-3-7-17-11)13-6-5-10(15)8-12(13)14/h5-6,8,11H,2-4,7,9,15H2,1H3. The zero-order valence-electron chi connectivity index (χ0n) is 10.2. The van der Waals surface area contributed by atoms with E-state index in [-0.39, 0.29) is 0 Å². The molecule has 1 heterocycles. The molecule has 0 bridgehead atoms. The van der Waals surface area contributed by atoms with E-state index in [0.29, 0.717) is 6.10 Å². The number of halogens is 1. The smallest absolute Gasteiger partial charge is 0.0750 e. The molecule has 0 aliphatic carbocycles. The molecule has 94 valence electrons. The first-order valence-electron chi connectivity index (χ1n) is 6.12. The summed E-state index contributed by atoms with van der Waals surface area (Å²) in [6.45, 7) is 5.00.